The standard InChI is InChI=1S/C17H21NO4/c1-16(2,3)22-15(21)18-11-13(10-17(18,4)14(19)20)12-8-6-5-7-9-12/h5-10H,11H2,1-4H3,(H,19,20)/p-1/t17-/m0/s1. The van der Waals surface area contributed by atoms with Crippen molar-refractivity contribution in [3.63, 3.8) is 0 Å². The van der Waals surface area contributed by atoms with Gasteiger partial charge in [-0.2, -0.15) is 0 Å². The van der Waals surface area contributed by atoms with E-state index in [1.165, 1.54) is 11.8 Å². The molecule has 0 aromatic heterocycles. The highest BCUT2D eigenvalue weighted by molar-refractivity contribution is 5.92. The van der Waals surface area contributed by atoms with E-state index in [2.05, 4.69) is 0 Å². The fourth-order valence-corrected chi connectivity index (χ4v) is 2.36. The van der Waals surface area contributed by atoms with Crippen LogP contribution in [0.3, 0.4) is 0 Å². The molecular weight excluding hydrogens is 282 g/mol. The van der Waals surface area contributed by atoms with Gasteiger partial charge in [0.05, 0.1) is 12.5 Å². The van der Waals surface area contributed by atoms with E-state index in [9.17, 15) is 14.7 Å². The molecular formula is C17H20NO4-. The van der Waals surface area contributed by atoms with E-state index in [1.54, 1.807) is 26.8 Å². The molecule has 118 valence electrons. The quantitative estimate of drug-likeness (QED) is 0.835. The number of ether oxygens (including phenoxy) is 1. The SMILES string of the molecule is CC(C)(C)OC(=O)N1CC(c2ccccc2)=C[C@@]1(C)C(=O)[O-]. The van der Waals surface area contributed by atoms with Gasteiger partial charge in [-0.3, -0.25) is 4.90 Å². The number of hydrogen-bond donors (Lipinski definition) is 0. The molecule has 2 rings (SSSR count). The van der Waals surface area contributed by atoms with Crippen molar-refractivity contribution < 1.29 is 19.4 Å². The van der Waals surface area contributed by atoms with Gasteiger partial charge < -0.3 is 14.6 Å². The molecule has 1 aromatic carbocycles. The van der Waals surface area contributed by atoms with Crippen molar-refractivity contribution in [1.82, 2.24) is 4.90 Å². The van der Waals surface area contributed by atoms with Crippen molar-refractivity contribution in [2.24, 2.45) is 0 Å². The summed E-state index contributed by atoms with van der Waals surface area (Å²) in [6, 6.07) is 9.36. The Balaban J connectivity index is 2.34. The molecule has 0 aliphatic carbocycles. The zero-order valence-corrected chi connectivity index (χ0v) is 13.3. The van der Waals surface area contributed by atoms with Gasteiger partial charge in [0, 0.05) is 0 Å². The molecule has 22 heavy (non-hydrogen) atoms. The Kier molecular flexibility index (Phi) is 4.00. The van der Waals surface area contributed by atoms with Crippen LogP contribution in [0.1, 0.15) is 33.3 Å². The third-order valence-corrected chi connectivity index (χ3v) is 3.52. The lowest BCUT2D eigenvalue weighted by Crippen LogP contribution is -2.57. The van der Waals surface area contributed by atoms with Gasteiger partial charge in [0.25, 0.3) is 0 Å². The molecule has 0 bridgehead atoms. The molecule has 0 spiro atoms. The fourth-order valence-electron chi connectivity index (χ4n) is 2.36. The van der Waals surface area contributed by atoms with Gasteiger partial charge >= 0.3 is 6.09 Å². The van der Waals surface area contributed by atoms with Crippen molar-refractivity contribution in [2.45, 2.75) is 38.8 Å². The summed E-state index contributed by atoms with van der Waals surface area (Å²) in [6.45, 7) is 6.83. The summed E-state index contributed by atoms with van der Waals surface area (Å²) >= 11 is 0. The van der Waals surface area contributed by atoms with Crippen molar-refractivity contribution >= 4 is 17.6 Å². The van der Waals surface area contributed by atoms with Gasteiger partial charge in [-0.1, -0.05) is 30.3 Å². The average molecular weight is 302 g/mol. The van der Waals surface area contributed by atoms with Gasteiger partial charge in [0.2, 0.25) is 0 Å². The summed E-state index contributed by atoms with van der Waals surface area (Å²) in [7, 11) is 0. The van der Waals surface area contributed by atoms with Crippen LogP contribution in [0, 0.1) is 0 Å². The molecule has 0 radical (unpaired) electrons. The van der Waals surface area contributed by atoms with Gasteiger partial charge in [-0.25, -0.2) is 4.79 Å². The maximum Gasteiger partial charge on any atom is 0.411 e. The maximum atomic E-state index is 12.3. The highest BCUT2D eigenvalue weighted by Gasteiger charge is 2.42. The second kappa shape index (κ2) is 5.48. The highest BCUT2D eigenvalue weighted by Crippen LogP contribution is 2.33. The number of benzene rings is 1. The average Bonchev–Trinajstić information content (AvgIpc) is 2.77. The second-order valence-electron chi connectivity index (χ2n) is 6.54. The molecule has 0 N–H and O–H groups in total. The zero-order valence-electron chi connectivity index (χ0n) is 13.3. The van der Waals surface area contributed by atoms with Crippen LogP contribution in [0.5, 0.6) is 0 Å². The van der Waals surface area contributed by atoms with E-state index in [0.717, 1.165) is 11.1 Å². The normalized spacial score (nSPS) is 21.5. The minimum Gasteiger partial charge on any atom is -0.547 e. The van der Waals surface area contributed by atoms with Crippen LogP contribution in [0.4, 0.5) is 4.79 Å². The summed E-state index contributed by atoms with van der Waals surface area (Å²) in [5.41, 5.74) is -0.577. The molecule has 1 aromatic rings. The lowest BCUT2D eigenvalue weighted by molar-refractivity contribution is -0.314. The first-order valence-corrected chi connectivity index (χ1v) is 7.13. The molecule has 1 aliphatic heterocycles. The number of rotatable bonds is 2. The Morgan fingerprint density at radius 2 is 1.82 bits per heavy atom. The van der Waals surface area contributed by atoms with Crippen molar-refractivity contribution in [1.29, 1.82) is 0 Å². The van der Waals surface area contributed by atoms with Crippen molar-refractivity contribution in [3.05, 3.63) is 42.0 Å². The van der Waals surface area contributed by atoms with E-state index >= 15 is 0 Å². The number of carboxylic acids is 1. The number of aliphatic carboxylic acids is 1. The first-order valence-electron chi connectivity index (χ1n) is 7.13. The molecule has 0 fully saturated rings. The van der Waals surface area contributed by atoms with E-state index in [0.29, 0.717) is 0 Å². The Hall–Kier alpha value is -2.30. The van der Waals surface area contributed by atoms with Gasteiger partial charge in [0.15, 0.2) is 0 Å². The fraction of sp³-hybridized carbons (Fsp3) is 0.412. The summed E-state index contributed by atoms with van der Waals surface area (Å²) in [6.07, 6.45) is 0.892. The molecule has 0 unspecified atom stereocenters. The van der Waals surface area contributed by atoms with Gasteiger partial charge in [-0.15, -0.1) is 0 Å². The molecule has 1 atom stereocenters. The first-order chi connectivity index (χ1) is 10.1. The van der Waals surface area contributed by atoms with Crippen LogP contribution in [0.2, 0.25) is 0 Å². The van der Waals surface area contributed by atoms with Gasteiger partial charge in [-0.05, 0) is 44.9 Å². The summed E-state index contributed by atoms with van der Waals surface area (Å²) in [4.78, 5) is 25.1. The first kappa shape index (κ1) is 16.1. The predicted octanol–water partition coefficient (Wildman–Crippen LogP) is 1.83. The molecule has 5 nitrogen and oxygen atoms in total. The third kappa shape index (κ3) is 3.13. The molecule has 0 saturated carbocycles. The predicted molar refractivity (Wildman–Crippen MR) is 80.8 cm³/mol. The number of nitrogens with zero attached hydrogens (tertiary/aromatic N) is 1. The Labute approximate surface area is 130 Å². The molecule has 5 heteroatoms. The van der Waals surface area contributed by atoms with Crippen LogP contribution in [-0.2, 0) is 9.53 Å². The van der Waals surface area contributed by atoms with Crippen LogP contribution < -0.4 is 5.11 Å². The monoisotopic (exact) mass is 302 g/mol. The number of carbonyl (C=O) groups excluding carboxylic acids is 2. The van der Waals surface area contributed by atoms with Crippen LogP contribution in [-0.4, -0.2) is 34.6 Å². The minimum absolute atomic E-state index is 0.170. The number of carbonyl (C=O) groups is 2. The molecule has 0 saturated heterocycles. The van der Waals surface area contributed by atoms with E-state index < -0.39 is 23.2 Å². The number of carboxylic acid groups (broad SMARTS) is 1. The van der Waals surface area contributed by atoms with Crippen LogP contribution in [0.25, 0.3) is 5.57 Å². The minimum atomic E-state index is -1.52. The zero-order chi connectivity index (χ0) is 16.5. The molecule has 1 heterocycles. The lowest BCUT2D eigenvalue weighted by Gasteiger charge is -2.36. The smallest absolute Gasteiger partial charge is 0.411 e. The van der Waals surface area contributed by atoms with E-state index in [1.807, 2.05) is 30.3 Å². The maximum absolute atomic E-state index is 12.3. The lowest BCUT2D eigenvalue weighted by atomic mass is 10.00. The Morgan fingerprint density at radius 3 is 2.32 bits per heavy atom. The van der Waals surface area contributed by atoms with E-state index in [-0.39, 0.29) is 6.54 Å². The summed E-state index contributed by atoms with van der Waals surface area (Å²) in [5.74, 6) is -1.33. The topological polar surface area (TPSA) is 69.7 Å². The molecule has 1 amide bonds. The number of amides is 1. The van der Waals surface area contributed by atoms with Crippen LogP contribution in [0.15, 0.2) is 36.4 Å². The van der Waals surface area contributed by atoms with Gasteiger partial charge in [0.1, 0.15) is 11.1 Å². The number of hydrogen-bond acceptors (Lipinski definition) is 4. The molecule has 1 aliphatic rings. The highest BCUT2D eigenvalue weighted by atomic mass is 16.6. The summed E-state index contributed by atoms with van der Waals surface area (Å²) < 4.78 is 5.31. The third-order valence-electron chi connectivity index (χ3n) is 3.52. The van der Waals surface area contributed by atoms with E-state index in [4.69, 9.17) is 4.74 Å². The summed E-state index contributed by atoms with van der Waals surface area (Å²) in [5, 5.41) is 11.6. The van der Waals surface area contributed by atoms with Crippen molar-refractivity contribution in [2.75, 3.05) is 6.54 Å². The van der Waals surface area contributed by atoms with Crippen LogP contribution >= 0.6 is 0 Å². The second-order valence-corrected chi connectivity index (χ2v) is 6.54. The largest absolute Gasteiger partial charge is 0.547 e. The Bertz CT molecular complexity index is 615. The van der Waals surface area contributed by atoms with Crippen molar-refractivity contribution in [3.8, 4) is 0 Å². The Morgan fingerprint density at radius 1 is 1.23 bits per heavy atom.